The van der Waals surface area contributed by atoms with E-state index in [1.165, 1.54) is 6.20 Å². The number of rotatable bonds is 15. The number of allylic oxidation sites excluding steroid dienone is 1. The second kappa shape index (κ2) is 18.7. The van der Waals surface area contributed by atoms with E-state index in [1.807, 2.05) is 20.8 Å². The number of nitrogens with one attached hydrogen (secondary N) is 1. The Morgan fingerprint density at radius 3 is 2.55 bits per heavy atom. The summed E-state index contributed by atoms with van der Waals surface area (Å²) in [6.45, 7) is 12.4. The molecule has 2 amide bonds. The Morgan fingerprint density at radius 2 is 1.89 bits per heavy atom. The Morgan fingerprint density at radius 1 is 1.14 bits per heavy atom. The number of ether oxygens (including phenoxy) is 1. The number of carbonyl (C=O) groups is 2. The van der Waals surface area contributed by atoms with Crippen molar-refractivity contribution in [2.75, 3.05) is 71.4 Å². The molecule has 242 valence electrons. The average molecular weight is 619 g/mol. The smallest absolute Gasteiger partial charge is 0.281 e. The van der Waals surface area contributed by atoms with Crippen LogP contribution < -0.4 is 11.1 Å². The van der Waals surface area contributed by atoms with Gasteiger partial charge in [0, 0.05) is 58.4 Å². The van der Waals surface area contributed by atoms with Gasteiger partial charge in [-0.05, 0) is 44.7 Å². The highest BCUT2D eigenvalue weighted by molar-refractivity contribution is 6.07. The minimum atomic E-state index is -2.92. The lowest BCUT2D eigenvalue weighted by atomic mass is 9.93. The molecule has 1 atom stereocenters. The number of morpholine rings is 1. The van der Waals surface area contributed by atoms with Crippen LogP contribution in [0.2, 0.25) is 0 Å². The number of alkyl halides is 2. The van der Waals surface area contributed by atoms with Crippen molar-refractivity contribution >= 4 is 36.8 Å². The molecule has 2 aliphatic heterocycles. The van der Waals surface area contributed by atoms with Gasteiger partial charge in [0.25, 0.3) is 6.43 Å². The first kappa shape index (κ1) is 34.6. The number of anilines is 1. The van der Waals surface area contributed by atoms with Gasteiger partial charge in [0.2, 0.25) is 24.2 Å². The van der Waals surface area contributed by atoms with Gasteiger partial charge < -0.3 is 25.6 Å². The van der Waals surface area contributed by atoms with Crippen molar-refractivity contribution in [3.05, 3.63) is 30.1 Å². The summed E-state index contributed by atoms with van der Waals surface area (Å²) in [5, 5.41) is 2.71. The highest BCUT2D eigenvalue weighted by atomic mass is 19.3. The maximum Gasteiger partial charge on any atom is 0.281 e. The first-order chi connectivity index (χ1) is 21.4. The monoisotopic (exact) mass is 618 g/mol. The molecular weight excluding hydrogens is 574 g/mol. The second-order valence-corrected chi connectivity index (χ2v) is 10.6. The van der Waals surface area contributed by atoms with E-state index >= 15 is 0 Å². The zero-order valence-electron chi connectivity index (χ0n) is 25.3. The Balaban J connectivity index is 1.62. The largest absolute Gasteiger partial charge is 0.378 e. The number of nitrogens with two attached hydrogens (primary N) is 1. The zero-order chi connectivity index (χ0) is 31.7. The Labute approximate surface area is 257 Å². The van der Waals surface area contributed by atoms with Gasteiger partial charge in [-0.25, -0.2) is 23.7 Å². The molecule has 0 bridgehead atoms. The van der Waals surface area contributed by atoms with Crippen LogP contribution in [0.5, 0.6) is 0 Å². The fourth-order valence-electron chi connectivity index (χ4n) is 5.13. The lowest BCUT2D eigenvalue weighted by molar-refractivity contribution is -0.133. The number of amidine groups is 1. The third kappa shape index (κ3) is 11.0. The molecule has 0 aromatic carbocycles. The van der Waals surface area contributed by atoms with Crippen molar-refractivity contribution in [1.29, 1.82) is 0 Å². The average Bonchev–Trinajstić information content (AvgIpc) is 3.04. The molecule has 3 N–H and O–H groups in total. The molecule has 2 fully saturated rings. The van der Waals surface area contributed by atoms with E-state index < -0.39 is 12.1 Å². The van der Waals surface area contributed by atoms with Gasteiger partial charge in [-0.2, -0.15) is 4.99 Å². The Kier molecular flexibility index (Phi) is 14.7. The molecule has 13 nitrogen and oxygen atoms in total. The summed E-state index contributed by atoms with van der Waals surface area (Å²) in [5.74, 6) is 0.510. The van der Waals surface area contributed by atoms with Crippen molar-refractivity contribution in [3.8, 4) is 0 Å². The molecule has 15 heteroatoms. The van der Waals surface area contributed by atoms with Crippen LogP contribution in [0.1, 0.15) is 56.2 Å². The van der Waals surface area contributed by atoms with Crippen LogP contribution in [0, 0.1) is 5.92 Å². The molecule has 3 heterocycles. The first-order valence-electron chi connectivity index (χ1n) is 15.0. The molecule has 1 unspecified atom stereocenters. The van der Waals surface area contributed by atoms with Gasteiger partial charge >= 0.3 is 0 Å². The van der Waals surface area contributed by atoms with E-state index in [4.69, 9.17) is 10.5 Å². The van der Waals surface area contributed by atoms with E-state index in [2.05, 4.69) is 43.6 Å². The number of piperazine rings is 1. The summed E-state index contributed by atoms with van der Waals surface area (Å²) in [6, 6.07) is 0. The minimum Gasteiger partial charge on any atom is -0.378 e. The lowest BCUT2D eigenvalue weighted by Crippen LogP contribution is -2.48. The predicted octanol–water partition coefficient (Wildman–Crippen LogP) is 2.12. The fraction of sp³-hybridized carbons (Fsp3) is 0.621. The number of hydrogen-bond donors (Lipinski definition) is 2. The van der Waals surface area contributed by atoms with Crippen LogP contribution in [-0.4, -0.2) is 121 Å². The normalized spacial score (nSPS) is 17.4. The SMILES string of the molecule is C=CCCC(CCCC(=O)N1CCN(C/N=C(\N=C(N=C)N2CCOCC2)c2cnc(N)nc2C(F)F)CC1)CCNC=O. The van der Waals surface area contributed by atoms with Gasteiger partial charge in [0.1, 0.15) is 5.69 Å². The maximum absolute atomic E-state index is 13.9. The molecule has 2 saturated heterocycles. The van der Waals surface area contributed by atoms with Crippen LogP contribution in [0.4, 0.5) is 14.7 Å². The summed E-state index contributed by atoms with van der Waals surface area (Å²) >= 11 is 0. The lowest BCUT2D eigenvalue weighted by Gasteiger charge is -2.34. The fourth-order valence-corrected chi connectivity index (χ4v) is 5.13. The van der Waals surface area contributed by atoms with Crippen LogP contribution in [0.3, 0.4) is 0 Å². The number of nitrogen functional groups attached to an aromatic ring is 1. The summed E-state index contributed by atoms with van der Waals surface area (Å²) < 4.78 is 33.3. The summed E-state index contributed by atoms with van der Waals surface area (Å²) in [6.07, 6.45) is 5.83. The molecule has 1 aromatic rings. The topological polar surface area (TPSA) is 154 Å². The third-order valence-electron chi connectivity index (χ3n) is 7.63. The molecule has 3 rings (SSSR count). The van der Waals surface area contributed by atoms with Crippen molar-refractivity contribution in [1.82, 2.24) is 30.0 Å². The molecule has 44 heavy (non-hydrogen) atoms. The number of aliphatic imine (C=N–C) groups is 3. The number of aromatic nitrogens is 2. The second-order valence-electron chi connectivity index (χ2n) is 10.6. The van der Waals surface area contributed by atoms with Gasteiger partial charge in [0.15, 0.2) is 5.84 Å². The third-order valence-corrected chi connectivity index (χ3v) is 7.63. The summed E-state index contributed by atoms with van der Waals surface area (Å²) in [7, 11) is 0. The number of nitrogens with zero attached hydrogens (tertiary/aromatic N) is 8. The maximum atomic E-state index is 13.9. The van der Waals surface area contributed by atoms with E-state index in [0.29, 0.717) is 77.8 Å². The van der Waals surface area contributed by atoms with Gasteiger partial charge in [-0.1, -0.05) is 6.08 Å². The first-order valence-corrected chi connectivity index (χ1v) is 15.0. The van der Waals surface area contributed by atoms with Crippen LogP contribution in [0.25, 0.3) is 0 Å². The Hall–Kier alpha value is -3.85. The van der Waals surface area contributed by atoms with Gasteiger partial charge in [-0.3, -0.25) is 19.5 Å². The molecule has 1 aromatic heterocycles. The molecule has 0 saturated carbocycles. The highest BCUT2D eigenvalue weighted by Crippen LogP contribution is 2.23. The molecule has 0 radical (unpaired) electrons. The summed E-state index contributed by atoms with van der Waals surface area (Å²) in [5.41, 5.74) is 4.99. The zero-order valence-corrected chi connectivity index (χ0v) is 25.3. The number of guanidine groups is 1. The van der Waals surface area contributed by atoms with Gasteiger partial charge in [0.05, 0.1) is 25.4 Å². The predicted molar refractivity (Wildman–Crippen MR) is 166 cm³/mol. The van der Waals surface area contributed by atoms with Crippen molar-refractivity contribution in [2.45, 2.75) is 45.0 Å². The number of amides is 2. The van der Waals surface area contributed by atoms with Gasteiger partial charge in [-0.15, -0.1) is 6.58 Å². The molecular formula is C29H44F2N10O3. The van der Waals surface area contributed by atoms with E-state index in [0.717, 1.165) is 32.1 Å². The molecule has 0 spiro atoms. The van der Waals surface area contributed by atoms with E-state index in [-0.39, 0.29) is 35.9 Å². The number of halogens is 2. The minimum absolute atomic E-state index is 0.00190. The molecule has 0 aliphatic carbocycles. The highest BCUT2D eigenvalue weighted by Gasteiger charge is 2.24. The van der Waals surface area contributed by atoms with E-state index in [9.17, 15) is 18.4 Å². The summed E-state index contributed by atoms with van der Waals surface area (Å²) in [4.78, 5) is 50.0. The number of hydrogen-bond acceptors (Lipinski definition) is 8. The quantitative estimate of drug-likeness (QED) is 0.0997. The standard InChI is InChI=1S/C29H44F2N10O3/c1-3-4-6-22(9-10-34-21-42)7-5-8-24(43)40-13-11-39(12-14-40)20-36-27(23-19-35-28(32)37-25(23)26(30)31)38-29(33-2)41-15-17-44-18-16-41/h3,19,21-22,26H,1-2,4-18,20H2,(H,34,42)(H2,32,35,37)/b36-27-,38-29?. The van der Waals surface area contributed by atoms with Crippen molar-refractivity contribution in [3.63, 3.8) is 0 Å². The van der Waals surface area contributed by atoms with Crippen molar-refractivity contribution < 1.29 is 23.1 Å². The van der Waals surface area contributed by atoms with Crippen LogP contribution in [0.15, 0.2) is 33.8 Å². The van der Waals surface area contributed by atoms with Crippen molar-refractivity contribution in [2.24, 2.45) is 20.9 Å². The molecule has 2 aliphatic rings. The Bertz CT molecular complexity index is 1150. The van der Waals surface area contributed by atoms with Crippen LogP contribution in [-0.2, 0) is 14.3 Å². The van der Waals surface area contributed by atoms with E-state index in [1.54, 1.807) is 0 Å². The van der Waals surface area contributed by atoms with Crippen LogP contribution >= 0.6 is 0 Å². The number of carbonyl (C=O) groups excluding carboxylic acids is 2.